The Hall–Kier alpha value is -3.72. The van der Waals surface area contributed by atoms with Crippen LogP contribution >= 0.6 is 11.3 Å². The molecule has 0 spiro atoms. The van der Waals surface area contributed by atoms with E-state index in [4.69, 9.17) is 0 Å². The van der Waals surface area contributed by atoms with Crippen molar-refractivity contribution in [3.63, 3.8) is 0 Å². The Bertz CT molecular complexity index is 1090. The first kappa shape index (κ1) is 20.5. The number of hydrogen-bond donors (Lipinski definition) is 1. The van der Waals surface area contributed by atoms with E-state index in [-0.39, 0.29) is 17.2 Å². The lowest BCUT2D eigenvalue weighted by Gasteiger charge is -2.36. The molecule has 2 aromatic carbocycles. The minimum atomic E-state index is -0.569. The average Bonchev–Trinajstić information content (AvgIpc) is 3.34. The molecule has 1 aromatic heterocycles. The maximum absolute atomic E-state index is 12.5. The van der Waals surface area contributed by atoms with Gasteiger partial charge in [0.1, 0.15) is 5.56 Å². The molecule has 2 amide bonds. The number of nitro groups is 1. The molecule has 158 valence electrons. The van der Waals surface area contributed by atoms with Crippen molar-refractivity contribution in [2.24, 2.45) is 0 Å². The molecule has 0 atom stereocenters. The molecule has 1 aliphatic rings. The number of para-hydroxylation sites is 1. The molecule has 9 heteroatoms. The van der Waals surface area contributed by atoms with Gasteiger partial charge < -0.3 is 15.1 Å². The van der Waals surface area contributed by atoms with Gasteiger partial charge in [0, 0.05) is 43.6 Å². The van der Waals surface area contributed by atoms with Gasteiger partial charge in [-0.2, -0.15) is 0 Å². The van der Waals surface area contributed by atoms with Gasteiger partial charge in [0.15, 0.2) is 0 Å². The van der Waals surface area contributed by atoms with Gasteiger partial charge in [-0.15, -0.1) is 11.3 Å². The molecular formula is C22H20N4O4S. The van der Waals surface area contributed by atoms with Gasteiger partial charge in [-0.25, -0.2) is 0 Å². The van der Waals surface area contributed by atoms with Crippen LogP contribution in [0.15, 0.2) is 66.0 Å². The number of anilines is 2. The Kier molecular flexibility index (Phi) is 5.94. The summed E-state index contributed by atoms with van der Waals surface area (Å²) in [6, 6.07) is 16.9. The highest BCUT2D eigenvalue weighted by atomic mass is 32.1. The van der Waals surface area contributed by atoms with E-state index in [1.165, 1.54) is 29.5 Å². The van der Waals surface area contributed by atoms with Crippen LogP contribution in [0, 0.1) is 10.1 Å². The standard InChI is InChI=1S/C22H20N4O4S/c27-21(18-4-1-2-5-19(18)26(29)30)23-16-7-9-17(10-8-16)24-11-13-25(14-12-24)22(28)20-6-3-15-31-20/h1-10,15H,11-14H2,(H,23,27). The fourth-order valence-electron chi connectivity index (χ4n) is 3.50. The maximum Gasteiger partial charge on any atom is 0.282 e. The topological polar surface area (TPSA) is 95.8 Å². The number of hydrogen-bond acceptors (Lipinski definition) is 6. The van der Waals surface area contributed by atoms with Crippen molar-refractivity contribution in [1.82, 2.24) is 4.90 Å². The first-order valence-corrected chi connectivity index (χ1v) is 10.6. The maximum atomic E-state index is 12.5. The summed E-state index contributed by atoms with van der Waals surface area (Å²) >= 11 is 1.45. The van der Waals surface area contributed by atoms with E-state index >= 15 is 0 Å². The van der Waals surface area contributed by atoms with Crippen LogP contribution < -0.4 is 10.2 Å². The molecule has 0 aliphatic carbocycles. The van der Waals surface area contributed by atoms with Gasteiger partial charge in [-0.05, 0) is 41.8 Å². The molecule has 1 N–H and O–H groups in total. The third-order valence-electron chi connectivity index (χ3n) is 5.13. The predicted molar refractivity (Wildman–Crippen MR) is 120 cm³/mol. The van der Waals surface area contributed by atoms with Crippen LogP contribution in [0.25, 0.3) is 0 Å². The SMILES string of the molecule is O=C(Nc1ccc(N2CCN(C(=O)c3cccs3)CC2)cc1)c1ccccc1[N+](=O)[O-]. The van der Waals surface area contributed by atoms with E-state index in [1.54, 1.807) is 18.2 Å². The third kappa shape index (κ3) is 4.56. The first-order valence-electron chi connectivity index (χ1n) is 9.75. The van der Waals surface area contributed by atoms with Crippen LogP contribution in [0.1, 0.15) is 20.0 Å². The fourth-order valence-corrected chi connectivity index (χ4v) is 4.19. The molecule has 0 saturated carbocycles. The number of thiophene rings is 1. The van der Waals surface area contributed by atoms with Crippen molar-refractivity contribution >= 4 is 40.2 Å². The Morgan fingerprint density at radius 3 is 2.29 bits per heavy atom. The van der Waals surface area contributed by atoms with Crippen molar-refractivity contribution in [2.45, 2.75) is 0 Å². The van der Waals surface area contributed by atoms with Gasteiger partial charge >= 0.3 is 0 Å². The smallest absolute Gasteiger partial charge is 0.282 e. The monoisotopic (exact) mass is 436 g/mol. The van der Waals surface area contributed by atoms with E-state index in [9.17, 15) is 19.7 Å². The number of amides is 2. The van der Waals surface area contributed by atoms with Crippen LogP contribution in [0.3, 0.4) is 0 Å². The zero-order valence-electron chi connectivity index (χ0n) is 16.6. The number of nitrogens with zero attached hydrogens (tertiary/aromatic N) is 3. The van der Waals surface area contributed by atoms with Crippen molar-refractivity contribution in [1.29, 1.82) is 0 Å². The van der Waals surface area contributed by atoms with Crippen LogP contribution in [0.4, 0.5) is 17.1 Å². The number of carbonyl (C=O) groups excluding carboxylic acids is 2. The minimum absolute atomic E-state index is 0.0168. The lowest BCUT2D eigenvalue weighted by Crippen LogP contribution is -2.48. The van der Waals surface area contributed by atoms with Crippen molar-refractivity contribution < 1.29 is 14.5 Å². The van der Waals surface area contributed by atoms with Gasteiger partial charge in [0.25, 0.3) is 17.5 Å². The highest BCUT2D eigenvalue weighted by molar-refractivity contribution is 7.12. The molecule has 1 fully saturated rings. The molecule has 0 unspecified atom stereocenters. The lowest BCUT2D eigenvalue weighted by atomic mass is 10.1. The molecule has 0 radical (unpaired) electrons. The number of nitro benzene ring substituents is 1. The molecule has 2 heterocycles. The number of rotatable bonds is 5. The van der Waals surface area contributed by atoms with Crippen LogP contribution in [-0.2, 0) is 0 Å². The second-order valence-electron chi connectivity index (χ2n) is 7.03. The van der Waals surface area contributed by atoms with Gasteiger partial charge in [0.2, 0.25) is 0 Å². The molecular weight excluding hydrogens is 416 g/mol. The molecule has 0 bridgehead atoms. The van der Waals surface area contributed by atoms with Gasteiger partial charge in [0.05, 0.1) is 9.80 Å². The first-order chi connectivity index (χ1) is 15.0. The summed E-state index contributed by atoms with van der Waals surface area (Å²) in [5.41, 5.74) is 1.33. The number of piperazine rings is 1. The second-order valence-corrected chi connectivity index (χ2v) is 7.98. The fraction of sp³-hybridized carbons (Fsp3) is 0.182. The average molecular weight is 436 g/mol. The normalized spacial score (nSPS) is 13.7. The summed E-state index contributed by atoms with van der Waals surface area (Å²) in [5, 5.41) is 15.7. The molecule has 31 heavy (non-hydrogen) atoms. The summed E-state index contributed by atoms with van der Waals surface area (Å²) in [6.45, 7) is 2.73. The van der Waals surface area contributed by atoms with E-state index in [0.29, 0.717) is 18.8 Å². The van der Waals surface area contributed by atoms with Crippen LogP contribution in [-0.4, -0.2) is 47.8 Å². The summed E-state index contributed by atoms with van der Waals surface area (Å²) in [6.07, 6.45) is 0. The molecule has 8 nitrogen and oxygen atoms in total. The zero-order chi connectivity index (χ0) is 21.8. The van der Waals surface area contributed by atoms with Gasteiger partial charge in [-0.3, -0.25) is 19.7 Å². The van der Waals surface area contributed by atoms with E-state index < -0.39 is 10.8 Å². The second kappa shape index (κ2) is 8.97. The Morgan fingerprint density at radius 2 is 1.65 bits per heavy atom. The number of nitrogens with one attached hydrogen (secondary N) is 1. The van der Waals surface area contributed by atoms with Crippen LogP contribution in [0.5, 0.6) is 0 Å². The van der Waals surface area contributed by atoms with E-state index in [0.717, 1.165) is 23.7 Å². The quantitative estimate of drug-likeness (QED) is 0.484. The van der Waals surface area contributed by atoms with Crippen molar-refractivity contribution in [3.8, 4) is 0 Å². The van der Waals surface area contributed by atoms with Crippen molar-refractivity contribution in [2.75, 3.05) is 36.4 Å². The summed E-state index contributed by atoms with van der Waals surface area (Å²) < 4.78 is 0. The highest BCUT2D eigenvalue weighted by Crippen LogP contribution is 2.23. The van der Waals surface area contributed by atoms with E-state index in [2.05, 4.69) is 10.2 Å². The molecule has 1 aliphatic heterocycles. The van der Waals surface area contributed by atoms with Crippen LogP contribution in [0.2, 0.25) is 0 Å². The predicted octanol–water partition coefficient (Wildman–Crippen LogP) is 3.87. The van der Waals surface area contributed by atoms with E-state index in [1.807, 2.05) is 34.5 Å². The Morgan fingerprint density at radius 1 is 0.935 bits per heavy atom. The molecule has 3 aromatic rings. The third-order valence-corrected chi connectivity index (χ3v) is 5.99. The minimum Gasteiger partial charge on any atom is -0.368 e. The summed E-state index contributed by atoms with van der Waals surface area (Å²) in [4.78, 5) is 40.3. The molecule has 4 rings (SSSR count). The summed E-state index contributed by atoms with van der Waals surface area (Å²) in [5.74, 6) is -0.455. The van der Waals surface area contributed by atoms with Crippen molar-refractivity contribution in [3.05, 3.63) is 86.6 Å². The number of carbonyl (C=O) groups is 2. The largest absolute Gasteiger partial charge is 0.368 e. The molecule has 1 saturated heterocycles. The number of benzene rings is 2. The summed E-state index contributed by atoms with van der Waals surface area (Å²) in [7, 11) is 0. The lowest BCUT2D eigenvalue weighted by molar-refractivity contribution is -0.385. The zero-order valence-corrected chi connectivity index (χ0v) is 17.4. The Balaban J connectivity index is 1.36. The highest BCUT2D eigenvalue weighted by Gasteiger charge is 2.23. The van der Waals surface area contributed by atoms with Gasteiger partial charge in [-0.1, -0.05) is 18.2 Å². The Labute approximate surface area is 182 Å².